The van der Waals surface area contributed by atoms with E-state index in [4.69, 9.17) is 0 Å². The SMILES string of the molecule is Cc1cc(-c2ccccn2)[c-]c(-c2ccccn2)c1.[Pt+2].c1nc[n-]n1. The summed E-state index contributed by atoms with van der Waals surface area (Å²) in [6.07, 6.45) is 6.37. The van der Waals surface area contributed by atoms with Crippen molar-refractivity contribution in [1.82, 2.24) is 25.1 Å². The Kier molecular flexibility index (Phi) is 7.17. The van der Waals surface area contributed by atoms with Crippen LogP contribution < -0.4 is 5.10 Å². The fourth-order valence-corrected chi connectivity index (χ4v) is 2.18. The van der Waals surface area contributed by atoms with Crippen LogP contribution >= 0.6 is 0 Å². The predicted octanol–water partition coefficient (Wildman–Crippen LogP) is 3.35. The Morgan fingerprint density at radius 2 is 1.48 bits per heavy atom. The van der Waals surface area contributed by atoms with Crippen LogP contribution in [0.5, 0.6) is 0 Å². The van der Waals surface area contributed by atoms with Crippen LogP contribution in [0.1, 0.15) is 5.56 Å². The maximum Gasteiger partial charge on any atom is 2.00 e. The normalized spacial score (nSPS) is 9.48. The van der Waals surface area contributed by atoms with E-state index in [0.717, 1.165) is 22.5 Å². The van der Waals surface area contributed by atoms with Crippen LogP contribution in [-0.4, -0.2) is 20.1 Å². The molecule has 1 aromatic carbocycles. The summed E-state index contributed by atoms with van der Waals surface area (Å²) in [7, 11) is 0. The Labute approximate surface area is 160 Å². The molecule has 5 nitrogen and oxygen atoms in total. The molecule has 0 aliphatic heterocycles. The summed E-state index contributed by atoms with van der Waals surface area (Å²) in [6, 6.07) is 19.4. The molecule has 0 N–H and O–H groups in total. The van der Waals surface area contributed by atoms with Gasteiger partial charge in [0.15, 0.2) is 0 Å². The Morgan fingerprint density at radius 1 is 0.880 bits per heavy atom. The first-order valence-electron chi connectivity index (χ1n) is 7.43. The van der Waals surface area contributed by atoms with Crippen molar-refractivity contribution in [3.63, 3.8) is 0 Å². The number of benzene rings is 1. The van der Waals surface area contributed by atoms with Crippen molar-refractivity contribution in [3.05, 3.63) is 85.2 Å². The zero-order valence-electron chi connectivity index (χ0n) is 13.5. The summed E-state index contributed by atoms with van der Waals surface area (Å²) >= 11 is 0. The molecule has 3 heterocycles. The van der Waals surface area contributed by atoms with Gasteiger partial charge >= 0.3 is 21.1 Å². The number of rotatable bonds is 2. The number of nitrogens with zero attached hydrogens (tertiary/aromatic N) is 5. The average molecular weight is 508 g/mol. The predicted molar refractivity (Wildman–Crippen MR) is 91.8 cm³/mol. The summed E-state index contributed by atoms with van der Waals surface area (Å²) < 4.78 is 0. The summed E-state index contributed by atoms with van der Waals surface area (Å²) in [4.78, 5) is 12.2. The minimum atomic E-state index is 0. The van der Waals surface area contributed by atoms with E-state index in [1.54, 1.807) is 12.4 Å². The molecule has 0 aliphatic carbocycles. The van der Waals surface area contributed by atoms with Crippen LogP contribution in [0.15, 0.2) is 73.6 Å². The quantitative estimate of drug-likeness (QED) is 0.389. The van der Waals surface area contributed by atoms with Gasteiger partial charge in [0.2, 0.25) is 0 Å². The third-order valence-electron chi connectivity index (χ3n) is 3.20. The molecule has 0 aliphatic rings. The van der Waals surface area contributed by atoms with Gasteiger partial charge in [-0.2, -0.15) is 0 Å². The van der Waals surface area contributed by atoms with Crippen LogP contribution in [0.3, 0.4) is 0 Å². The van der Waals surface area contributed by atoms with Crippen molar-refractivity contribution in [2.45, 2.75) is 6.92 Å². The fourth-order valence-electron chi connectivity index (χ4n) is 2.18. The Bertz CT molecular complexity index is 790. The second-order valence-electron chi connectivity index (χ2n) is 5.03. The van der Waals surface area contributed by atoms with Gasteiger partial charge in [0.25, 0.3) is 0 Å². The standard InChI is InChI=1S/C17H13N2.C2H2N3.Pt/c1-13-10-14(16-6-2-4-8-18-16)12-15(11-13)17-7-3-5-9-19-17;1-3-2-5-4-1;/h2-11H,1H3;1-2H;/q2*-1;+2. The first-order chi connectivity index (χ1) is 11.8. The molecular weight excluding hydrogens is 493 g/mol. The van der Waals surface area contributed by atoms with E-state index < -0.39 is 0 Å². The molecule has 3 aromatic heterocycles. The number of hydrogen-bond acceptors (Lipinski definition) is 4. The van der Waals surface area contributed by atoms with Gasteiger partial charge in [-0.15, -0.1) is 23.8 Å². The van der Waals surface area contributed by atoms with Gasteiger partial charge in [-0.3, -0.25) is 15.1 Å². The summed E-state index contributed by atoms with van der Waals surface area (Å²) in [5.41, 5.74) is 5.05. The first-order valence-corrected chi connectivity index (χ1v) is 7.43. The van der Waals surface area contributed by atoms with E-state index in [1.165, 1.54) is 18.2 Å². The third kappa shape index (κ3) is 5.43. The molecule has 0 radical (unpaired) electrons. The molecule has 0 bridgehead atoms. The van der Waals surface area contributed by atoms with Crippen molar-refractivity contribution in [3.8, 4) is 22.5 Å². The first kappa shape index (κ1) is 18.7. The molecule has 0 saturated heterocycles. The second kappa shape index (κ2) is 9.60. The molecule has 0 amide bonds. The maximum absolute atomic E-state index is 4.37. The van der Waals surface area contributed by atoms with Crippen LogP contribution in [0, 0.1) is 13.0 Å². The van der Waals surface area contributed by atoms with Gasteiger partial charge in [-0.25, -0.2) is 0 Å². The Hall–Kier alpha value is -2.65. The van der Waals surface area contributed by atoms with Crippen molar-refractivity contribution in [1.29, 1.82) is 0 Å². The Morgan fingerprint density at radius 3 is 1.84 bits per heavy atom. The zero-order chi connectivity index (χ0) is 16.6. The molecule has 4 rings (SSSR count). The Balaban J connectivity index is 0.000000325. The van der Waals surface area contributed by atoms with Crippen LogP contribution in [0.25, 0.3) is 22.5 Å². The fraction of sp³-hybridized carbons (Fsp3) is 0.0526. The molecule has 0 spiro atoms. The van der Waals surface area contributed by atoms with Crippen LogP contribution in [0.4, 0.5) is 0 Å². The number of aromatic nitrogens is 5. The number of pyridine rings is 2. The van der Waals surface area contributed by atoms with Crippen LogP contribution in [-0.2, 0) is 21.1 Å². The molecule has 25 heavy (non-hydrogen) atoms. The van der Waals surface area contributed by atoms with E-state index >= 15 is 0 Å². The molecule has 4 aromatic rings. The molecule has 0 unspecified atom stereocenters. The van der Waals surface area contributed by atoms with E-state index in [2.05, 4.69) is 50.3 Å². The average Bonchev–Trinajstić information content (AvgIpc) is 3.23. The van der Waals surface area contributed by atoms with Gasteiger partial charge in [0.05, 0.1) is 0 Å². The van der Waals surface area contributed by atoms with Gasteiger partial charge in [-0.1, -0.05) is 48.6 Å². The molecule has 0 saturated carbocycles. The van der Waals surface area contributed by atoms with Gasteiger partial charge in [0, 0.05) is 30.1 Å². The summed E-state index contributed by atoms with van der Waals surface area (Å²) in [5.74, 6) is 0. The summed E-state index contributed by atoms with van der Waals surface area (Å²) in [5, 5.41) is 6.72. The zero-order valence-corrected chi connectivity index (χ0v) is 15.8. The smallest absolute Gasteiger partial charge is 0.432 e. The number of aryl methyl sites for hydroxylation is 1. The topological polar surface area (TPSA) is 65.7 Å². The largest absolute Gasteiger partial charge is 2.00 e. The minimum Gasteiger partial charge on any atom is -0.432 e. The minimum absolute atomic E-state index is 0. The van der Waals surface area contributed by atoms with Gasteiger partial charge in [-0.05, 0) is 12.1 Å². The van der Waals surface area contributed by atoms with Crippen LogP contribution in [0.2, 0.25) is 0 Å². The van der Waals surface area contributed by atoms with E-state index in [-0.39, 0.29) is 21.1 Å². The van der Waals surface area contributed by atoms with E-state index in [0.29, 0.717) is 0 Å². The van der Waals surface area contributed by atoms with Gasteiger partial charge < -0.3 is 10.1 Å². The van der Waals surface area contributed by atoms with Crippen molar-refractivity contribution in [2.75, 3.05) is 0 Å². The van der Waals surface area contributed by atoms with E-state index in [1.807, 2.05) is 36.4 Å². The van der Waals surface area contributed by atoms with E-state index in [9.17, 15) is 0 Å². The molecular formula is C19H15N5Pt. The molecule has 126 valence electrons. The second-order valence-corrected chi connectivity index (χ2v) is 5.03. The van der Waals surface area contributed by atoms with Crippen molar-refractivity contribution >= 4 is 0 Å². The van der Waals surface area contributed by atoms with Crippen molar-refractivity contribution in [2.24, 2.45) is 0 Å². The van der Waals surface area contributed by atoms with Crippen molar-refractivity contribution < 1.29 is 21.1 Å². The number of hydrogen-bond donors (Lipinski definition) is 0. The van der Waals surface area contributed by atoms with Gasteiger partial charge in [0.1, 0.15) is 0 Å². The molecule has 0 fully saturated rings. The molecule has 0 atom stereocenters. The maximum atomic E-state index is 4.37. The third-order valence-corrected chi connectivity index (χ3v) is 3.20. The molecule has 6 heteroatoms. The summed E-state index contributed by atoms with van der Waals surface area (Å²) in [6.45, 7) is 2.08. The monoisotopic (exact) mass is 508 g/mol.